The van der Waals surface area contributed by atoms with Crippen LogP contribution in [-0.2, 0) is 0 Å². The monoisotopic (exact) mass is 407 g/mol. The molecule has 0 heterocycles. The van der Waals surface area contributed by atoms with Gasteiger partial charge in [-0.2, -0.15) is 0 Å². The number of aromatic hydroxyl groups is 1. The third-order valence-corrected chi connectivity index (χ3v) is 4.85. The van der Waals surface area contributed by atoms with E-state index in [0.717, 1.165) is 11.1 Å². The summed E-state index contributed by atoms with van der Waals surface area (Å²) >= 11 is 0. The number of ether oxygens (including phenoxy) is 1. The topological polar surface area (TPSA) is 99.0 Å². The Labute approximate surface area is 175 Å². The fraction of sp³-hybridized carbons (Fsp3) is 0.208. The summed E-state index contributed by atoms with van der Waals surface area (Å²) in [6, 6.07) is 20.7. The molecule has 3 aromatic carbocycles. The van der Waals surface area contributed by atoms with Crippen LogP contribution in [0.25, 0.3) is 11.1 Å². The molecule has 0 fully saturated rings. The van der Waals surface area contributed by atoms with Gasteiger partial charge in [0.25, 0.3) is 0 Å². The quantitative estimate of drug-likeness (QED) is 0.402. The molecule has 3 aromatic rings. The first-order valence-electron chi connectivity index (χ1n) is 9.71. The molecule has 2 atom stereocenters. The fourth-order valence-electron chi connectivity index (χ4n) is 3.15. The number of carboxylic acids is 1. The Morgan fingerprint density at radius 3 is 2.40 bits per heavy atom. The van der Waals surface area contributed by atoms with Crippen LogP contribution in [0.4, 0.5) is 0 Å². The van der Waals surface area contributed by atoms with E-state index in [1.165, 1.54) is 18.2 Å². The molecule has 30 heavy (non-hydrogen) atoms. The van der Waals surface area contributed by atoms with Gasteiger partial charge in [0.05, 0.1) is 11.7 Å². The summed E-state index contributed by atoms with van der Waals surface area (Å²) in [4.78, 5) is 11.3. The highest BCUT2D eigenvalue weighted by Crippen LogP contribution is 2.31. The molecule has 0 aliphatic carbocycles. The molecule has 0 aromatic heterocycles. The van der Waals surface area contributed by atoms with Crippen molar-refractivity contribution in [3.63, 3.8) is 0 Å². The van der Waals surface area contributed by atoms with Crippen LogP contribution in [0.3, 0.4) is 0 Å². The number of aliphatic hydroxyl groups is 1. The summed E-state index contributed by atoms with van der Waals surface area (Å²) in [5.41, 5.74) is 2.62. The number of hydrogen-bond acceptors (Lipinski definition) is 5. The summed E-state index contributed by atoms with van der Waals surface area (Å²) in [5, 5.41) is 32.3. The van der Waals surface area contributed by atoms with Crippen molar-refractivity contribution in [1.82, 2.24) is 5.32 Å². The molecule has 0 aliphatic heterocycles. The number of phenolic OH excluding ortho intramolecular Hbond substituents is 1. The number of aliphatic hydroxyl groups excluding tert-OH is 1. The number of benzene rings is 3. The molecule has 0 amide bonds. The van der Waals surface area contributed by atoms with E-state index >= 15 is 0 Å². The summed E-state index contributed by atoms with van der Waals surface area (Å²) in [6.45, 7) is 2.62. The van der Waals surface area contributed by atoms with Gasteiger partial charge in [0.2, 0.25) is 0 Å². The predicted octanol–water partition coefficient (Wildman–Crippen LogP) is 3.85. The first-order chi connectivity index (χ1) is 14.5. The molecule has 0 aliphatic rings. The van der Waals surface area contributed by atoms with E-state index in [1.54, 1.807) is 24.3 Å². The molecule has 4 N–H and O–H groups in total. The average molecular weight is 407 g/mol. The maximum absolute atomic E-state index is 11.3. The van der Waals surface area contributed by atoms with Crippen molar-refractivity contribution < 1.29 is 24.9 Å². The second-order valence-corrected chi connectivity index (χ2v) is 7.01. The Kier molecular flexibility index (Phi) is 7.06. The number of phenols is 1. The first-order valence-corrected chi connectivity index (χ1v) is 9.71. The van der Waals surface area contributed by atoms with Crippen LogP contribution in [0.5, 0.6) is 11.5 Å². The van der Waals surface area contributed by atoms with Gasteiger partial charge in [-0.3, -0.25) is 0 Å². The number of hydrogen-bond donors (Lipinski definition) is 4. The lowest BCUT2D eigenvalue weighted by molar-refractivity contribution is 0.0696. The Bertz CT molecular complexity index is 973. The molecular formula is C24H25NO5. The normalized spacial score (nSPS) is 12.9. The standard InChI is InChI=1S/C24H25NO5/c1-16(23(27)18-7-10-20(26)11-8-18)25-13-14-30-22-15-19(24(28)29)9-12-21(22)17-5-3-2-4-6-17/h2-12,15-16,23,25-27H,13-14H2,1H3,(H,28,29)/t16-,23-/m0/s1. The van der Waals surface area contributed by atoms with Crippen LogP contribution in [0.2, 0.25) is 0 Å². The van der Waals surface area contributed by atoms with Gasteiger partial charge in [-0.1, -0.05) is 42.5 Å². The van der Waals surface area contributed by atoms with Gasteiger partial charge in [-0.15, -0.1) is 0 Å². The lowest BCUT2D eigenvalue weighted by atomic mass is 10.0. The van der Waals surface area contributed by atoms with Crippen LogP contribution < -0.4 is 10.1 Å². The number of carboxylic acid groups (broad SMARTS) is 1. The minimum Gasteiger partial charge on any atom is -0.508 e. The highest BCUT2D eigenvalue weighted by atomic mass is 16.5. The molecule has 0 radical (unpaired) electrons. The van der Waals surface area contributed by atoms with Crippen LogP contribution in [0.15, 0.2) is 72.8 Å². The first kappa shape index (κ1) is 21.4. The second-order valence-electron chi connectivity index (χ2n) is 7.01. The van der Waals surface area contributed by atoms with Crippen LogP contribution in [-0.4, -0.2) is 40.5 Å². The van der Waals surface area contributed by atoms with Crippen molar-refractivity contribution in [3.8, 4) is 22.6 Å². The van der Waals surface area contributed by atoms with E-state index in [1.807, 2.05) is 37.3 Å². The van der Waals surface area contributed by atoms with Gasteiger partial charge in [0, 0.05) is 18.2 Å². The SMILES string of the molecule is C[C@H](NCCOc1cc(C(=O)O)ccc1-c1ccccc1)[C@H](O)c1ccc(O)cc1. The molecule has 0 saturated carbocycles. The van der Waals surface area contributed by atoms with E-state index < -0.39 is 12.1 Å². The van der Waals surface area contributed by atoms with Gasteiger partial charge >= 0.3 is 5.97 Å². The molecule has 6 nitrogen and oxygen atoms in total. The van der Waals surface area contributed by atoms with Crippen molar-refractivity contribution in [1.29, 1.82) is 0 Å². The van der Waals surface area contributed by atoms with E-state index in [9.17, 15) is 20.1 Å². The molecule has 0 bridgehead atoms. The minimum absolute atomic E-state index is 0.151. The van der Waals surface area contributed by atoms with Crippen LogP contribution >= 0.6 is 0 Å². The second kappa shape index (κ2) is 9.91. The molecule has 156 valence electrons. The number of aromatic carboxylic acids is 1. The zero-order chi connectivity index (χ0) is 21.5. The zero-order valence-electron chi connectivity index (χ0n) is 16.7. The van der Waals surface area contributed by atoms with E-state index in [-0.39, 0.29) is 17.4 Å². The lowest BCUT2D eigenvalue weighted by Gasteiger charge is -2.21. The van der Waals surface area contributed by atoms with Gasteiger partial charge in [0.1, 0.15) is 18.1 Å². The molecule has 6 heteroatoms. The van der Waals surface area contributed by atoms with Crippen molar-refractivity contribution >= 4 is 5.97 Å². The minimum atomic E-state index is -1.01. The Balaban J connectivity index is 1.62. The molecule has 0 spiro atoms. The van der Waals surface area contributed by atoms with E-state index in [0.29, 0.717) is 24.5 Å². The summed E-state index contributed by atoms with van der Waals surface area (Å²) in [6.07, 6.45) is -0.735. The number of carbonyl (C=O) groups is 1. The smallest absolute Gasteiger partial charge is 0.335 e. The van der Waals surface area contributed by atoms with Crippen molar-refractivity contribution in [2.45, 2.75) is 19.1 Å². The zero-order valence-corrected chi connectivity index (χ0v) is 16.7. The maximum atomic E-state index is 11.3. The highest BCUT2D eigenvalue weighted by Gasteiger charge is 2.16. The number of rotatable bonds is 9. The van der Waals surface area contributed by atoms with E-state index in [4.69, 9.17) is 4.74 Å². The van der Waals surface area contributed by atoms with Gasteiger partial charge in [-0.25, -0.2) is 4.79 Å². The lowest BCUT2D eigenvalue weighted by Crippen LogP contribution is -2.35. The third-order valence-electron chi connectivity index (χ3n) is 4.85. The van der Waals surface area contributed by atoms with E-state index in [2.05, 4.69) is 5.32 Å². The van der Waals surface area contributed by atoms with Gasteiger partial charge in [0.15, 0.2) is 0 Å². The maximum Gasteiger partial charge on any atom is 0.335 e. The molecule has 3 rings (SSSR count). The van der Waals surface area contributed by atoms with Crippen molar-refractivity contribution in [2.75, 3.05) is 13.2 Å². The molecular weight excluding hydrogens is 382 g/mol. The average Bonchev–Trinajstić information content (AvgIpc) is 2.77. The highest BCUT2D eigenvalue weighted by molar-refractivity contribution is 5.89. The summed E-state index contributed by atoms with van der Waals surface area (Å²) < 4.78 is 5.89. The van der Waals surface area contributed by atoms with Crippen molar-refractivity contribution in [3.05, 3.63) is 83.9 Å². The molecule has 0 unspecified atom stereocenters. The van der Waals surface area contributed by atoms with Gasteiger partial charge < -0.3 is 25.4 Å². The van der Waals surface area contributed by atoms with Crippen LogP contribution in [0, 0.1) is 0 Å². The Hall–Kier alpha value is -3.35. The van der Waals surface area contributed by atoms with Gasteiger partial charge in [-0.05, 0) is 48.4 Å². The number of nitrogens with one attached hydrogen (secondary N) is 1. The van der Waals surface area contributed by atoms with Crippen LogP contribution in [0.1, 0.15) is 28.9 Å². The largest absolute Gasteiger partial charge is 0.508 e. The fourth-order valence-corrected chi connectivity index (χ4v) is 3.15. The predicted molar refractivity (Wildman–Crippen MR) is 115 cm³/mol. The Morgan fingerprint density at radius 2 is 1.73 bits per heavy atom. The summed E-state index contributed by atoms with van der Waals surface area (Å²) in [5.74, 6) is -0.365. The summed E-state index contributed by atoms with van der Waals surface area (Å²) in [7, 11) is 0. The third kappa shape index (κ3) is 5.37. The molecule has 0 saturated heterocycles. The Morgan fingerprint density at radius 1 is 1.03 bits per heavy atom. The van der Waals surface area contributed by atoms with Crippen molar-refractivity contribution in [2.24, 2.45) is 0 Å².